The Balaban J connectivity index is 2.30. The van der Waals surface area contributed by atoms with Crippen molar-refractivity contribution in [1.29, 1.82) is 0 Å². The molecule has 0 atom stereocenters. The number of nitrogens with two attached hydrogens (primary N) is 1. The Morgan fingerprint density at radius 3 is 2.75 bits per heavy atom. The normalized spacial score (nSPS) is 10.4. The van der Waals surface area contributed by atoms with E-state index in [2.05, 4.69) is 42.0 Å². The van der Waals surface area contributed by atoms with Gasteiger partial charge in [-0.3, -0.25) is 4.98 Å². The molecule has 2 N–H and O–H groups in total. The molecule has 4 heteroatoms. The molecule has 1 aromatic heterocycles. The van der Waals surface area contributed by atoms with Gasteiger partial charge in [0.05, 0.1) is 12.4 Å². The van der Waals surface area contributed by atoms with Crippen molar-refractivity contribution < 1.29 is 0 Å². The Morgan fingerprint density at radius 2 is 2.00 bits per heavy atom. The second-order valence-electron chi connectivity index (χ2n) is 3.65. The number of aromatic nitrogens is 2. The molecule has 1 heterocycles. The van der Waals surface area contributed by atoms with Crippen LogP contribution < -0.4 is 5.73 Å². The monoisotopic (exact) mass is 231 g/mol. The molecule has 0 saturated carbocycles. The number of anilines is 1. The lowest BCUT2D eigenvalue weighted by Gasteiger charge is -2.05. The molecule has 0 spiro atoms. The van der Waals surface area contributed by atoms with Crippen molar-refractivity contribution in [3.63, 3.8) is 0 Å². The van der Waals surface area contributed by atoms with Crippen LogP contribution >= 0.6 is 11.8 Å². The Bertz CT molecular complexity index is 511. The molecule has 0 aliphatic rings. The highest BCUT2D eigenvalue weighted by Crippen LogP contribution is 2.29. The predicted octanol–water partition coefficient (Wildman–Crippen LogP) is 2.83. The second-order valence-corrected chi connectivity index (χ2v) is 4.72. The van der Waals surface area contributed by atoms with E-state index in [0.717, 1.165) is 5.03 Å². The van der Waals surface area contributed by atoms with Crippen LogP contribution in [0, 0.1) is 13.8 Å². The van der Waals surface area contributed by atoms with E-state index in [1.165, 1.54) is 16.0 Å². The summed E-state index contributed by atoms with van der Waals surface area (Å²) in [5.74, 6) is 0.454. The van der Waals surface area contributed by atoms with Crippen molar-refractivity contribution in [2.45, 2.75) is 23.8 Å². The van der Waals surface area contributed by atoms with Crippen LogP contribution in [-0.4, -0.2) is 9.97 Å². The molecule has 0 aliphatic carbocycles. The molecule has 0 bridgehead atoms. The maximum absolute atomic E-state index is 5.59. The summed E-state index contributed by atoms with van der Waals surface area (Å²) < 4.78 is 0. The van der Waals surface area contributed by atoms with Gasteiger partial charge in [-0.1, -0.05) is 23.9 Å². The van der Waals surface area contributed by atoms with Gasteiger partial charge >= 0.3 is 0 Å². The second kappa shape index (κ2) is 4.53. The van der Waals surface area contributed by atoms with Gasteiger partial charge in [-0.15, -0.1) is 0 Å². The molecule has 0 amide bonds. The highest BCUT2D eigenvalue weighted by molar-refractivity contribution is 7.99. The molecule has 16 heavy (non-hydrogen) atoms. The fourth-order valence-corrected chi connectivity index (χ4v) is 2.31. The Kier molecular flexibility index (Phi) is 3.10. The van der Waals surface area contributed by atoms with Crippen molar-refractivity contribution >= 4 is 17.6 Å². The summed E-state index contributed by atoms with van der Waals surface area (Å²) in [6.45, 7) is 4.16. The standard InChI is InChI=1S/C12H13N3S/c1-8-3-4-9(2)10(5-8)16-12-7-14-6-11(13)15-12/h3-7H,1-2H3,(H2,13,15). The third-order valence-electron chi connectivity index (χ3n) is 2.19. The van der Waals surface area contributed by atoms with E-state index in [0.29, 0.717) is 5.82 Å². The Hall–Kier alpha value is -1.55. The highest BCUT2D eigenvalue weighted by Gasteiger charge is 2.03. The molecule has 82 valence electrons. The number of hydrogen-bond donors (Lipinski definition) is 1. The van der Waals surface area contributed by atoms with Gasteiger partial charge in [-0.05, 0) is 31.0 Å². The molecule has 0 saturated heterocycles. The smallest absolute Gasteiger partial charge is 0.143 e. The van der Waals surface area contributed by atoms with E-state index in [1.54, 1.807) is 24.2 Å². The van der Waals surface area contributed by atoms with E-state index in [4.69, 9.17) is 5.73 Å². The van der Waals surface area contributed by atoms with Crippen molar-refractivity contribution in [1.82, 2.24) is 9.97 Å². The zero-order valence-corrected chi connectivity index (χ0v) is 10.1. The van der Waals surface area contributed by atoms with Crippen LogP contribution in [0.5, 0.6) is 0 Å². The van der Waals surface area contributed by atoms with Crippen LogP contribution in [0.1, 0.15) is 11.1 Å². The van der Waals surface area contributed by atoms with Gasteiger partial charge in [0, 0.05) is 4.90 Å². The fourth-order valence-electron chi connectivity index (χ4n) is 1.34. The van der Waals surface area contributed by atoms with Crippen molar-refractivity contribution in [3.8, 4) is 0 Å². The molecular weight excluding hydrogens is 218 g/mol. The summed E-state index contributed by atoms with van der Waals surface area (Å²) in [7, 11) is 0. The van der Waals surface area contributed by atoms with Crippen LogP contribution in [0.2, 0.25) is 0 Å². The van der Waals surface area contributed by atoms with Gasteiger partial charge in [-0.25, -0.2) is 4.98 Å². The summed E-state index contributed by atoms with van der Waals surface area (Å²) in [5.41, 5.74) is 8.07. The first kappa shape index (κ1) is 11.0. The summed E-state index contributed by atoms with van der Waals surface area (Å²) in [6.07, 6.45) is 3.27. The maximum atomic E-state index is 5.59. The van der Waals surface area contributed by atoms with E-state index < -0.39 is 0 Å². The average Bonchev–Trinajstić information content (AvgIpc) is 2.24. The lowest BCUT2D eigenvalue weighted by Crippen LogP contribution is -1.92. The minimum atomic E-state index is 0.454. The highest BCUT2D eigenvalue weighted by atomic mass is 32.2. The van der Waals surface area contributed by atoms with Gasteiger partial charge in [0.2, 0.25) is 0 Å². The molecule has 1 aromatic carbocycles. The largest absolute Gasteiger partial charge is 0.382 e. The number of rotatable bonds is 2. The quantitative estimate of drug-likeness (QED) is 0.863. The molecule has 0 unspecified atom stereocenters. The number of nitrogen functional groups attached to an aromatic ring is 1. The number of benzene rings is 1. The van der Waals surface area contributed by atoms with Crippen molar-refractivity contribution in [2.75, 3.05) is 5.73 Å². The van der Waals surface area contributed by atoms with E-state index in [9.17, 15) is 0 Å². The van der Waals surface area contributed by atoms with Gasteiger partial charge in [0.25, 0.3) is 0 Å². The van der Waals surface area contributed by atoms with Gasteiger partial charge in [0.1, 0.15) is 10.8 Å². The molecule has 3 nitrogen and oxygen atoms in total. The van der Waals surface area contributed by atoms with Crippen LogP contribution in [-0.2, 0) is 0 Å². The van der Waals surface area contributed by atoms with Crippen LogP contribution in [0.4, 0.5) is 5.82 Å². The number of nitrogens with zero attached hydrogens (tertiary/aromatic N) is 2. The van der Waals surface area contributed by atoms with Crippen LogP contribution in [0.15, 0.2) is 40.5 Å². The number of hydrogen-bond acceptors (Lipinski definition) is 4. The molecular formula is C12H13N3S. The van der Waals surface area contributed by atoms with Crippen molar-refractivity contribution in [3.05, 3.63) is 41.7 Å². The lowest BCUT2D eigenvalue weighted by atomic mass is 10.2. The first-order valence-electron chi connectivity index (χ1n) is 4.98. The summed E-state index contributed by atoms with van der Waals surface area (Å²) in [5, 5.41) is 0.828. The first-order valence-corrected chi connectivity index (χ1v) is 5.79. The molecule has 0 radical (unpaired) electrons. The minimum absolute atomic E-state index is 0.454. The zero-order valence-electron chi connectivity index (χ0n) is 9.27. The summed E-state index contributed by atoms with van der Waals surface area (Å²) in [6, 6.07) is 6.35. The lowest BCUT2D eigenvalue weighted by molar-refractivity contribution is 1.06. The minimum Gasteiger partial charge on any atom is -0.382 e. The molecule has 2 rings (SSSR count). The fraction of sp³-hybridized carbons (Fsp3) is 0.167. The first-order chi connectivity index (χ1) is 7.65. The van der Waals surface area contributed by atoms with Crippen LogP contribution in [0.3, 0.4) is 0 Å². The Morgan fingerprint density at radius 1 is 1.19 bits per heavy atom. The average molecular weight is 231 g/mol. The van der Waals surface area contributed by atoms with E-state index >= 15 is 0 Å². The number of aryl methyl sites for hydroxylation is 2. The zero-order chi connectivity index (χ0) is 11.5. The molecule has 0 aliphatic heterocycles. The summed E-state index contributed by atoms with van der Waals surface area (Å²) >= 11 is 1.59. The third kappa shape index (κ3) is 2.52. The SMILES string of the molecule is Cc1ccc(C)c(Sc2cncc(N)n2)c1. The predicted molar refractivity (Wildman–Crippen MR) is 66.5 cm³/mol. The molecule has 0 fully saturated rings. The third-order valence-corrected chi connectivity index (χ3v) is 3.25. The van der Waals surface area contributed by atoms with Crippen LogP contribution in [0.25, 0.3) is 0 Å². The van der Waals surface area contributed by atoms with E-state index in [-0.39, 0.29) is 0 Å². The van der Waals surface area contributed by atoms with Crippen molar-refractivity contribution in [2.24, 2.45) is 0 Å². The maximum Gasteiger partial charge on any atom is 0.143 e. The van der Waals surface area contributed by atoms with Gasteiger partial charge in [0.15, 0.2) is 0 Å². The Labute approximate surface area is 99.1 Å². The topological polar surface area (TPSA) is 51.8 Å². The van der Waals surface area contributed by atoms with E-state index in [1.807, 2.05) is 0 Å². The molecule has 2 aromatic rings. The summed E-state index contributed by atoms with van der Waals surface area (Å²) in [4.78, 5) is 9.44. The van der Waals surface area contributed by atoms with Gasteiger partial charge in [-0.2, -0.15) is 0 Å². The van der Waals surface area contributed by atoms with Gasteiger partial charge < -0.3 is 5.73 Å².